The van der Waals surface area contributed by atoms with Gasteiger partial charge >= 0.3 is 0 Å². The fraction of sp³-hybridized carbons (Fsp3) is 0.824. The Kier molecular flexibility index (Phi) is 24.4. The zero-order chi connectivity index (χ0) is 33.6. The quantitative estimate of drug-likeness (QED) is 0.207. The first kappa shape index (κ1) is 48.4. The number of piperidine rings is 5. The van der Waals surface area contributed by atoms with Gasteiger partial charge in [0.1, 0.15) is 0 Å². The van der Waals surface area contributed by atoms with Crippen LogP contribution in [0.25, 0.3) is 42.5 Å². The molecule has 16 nitrogen and oxygen atoms in total. The van der Waals surface area contributed by atoms with E-state index in [0.717, 1.165) is 90.3 Å². The van der Waals surface area contributed by atoms with Gasteiger partial charge in [-0.15, -0.1) is 19.2 Å². The standard InChI is InChI=1S/C17H29N5O2.C17H27N5O2.2Cu.2H2O/c2*23-16(21-14-8-1-3-10-18-14)12-6-5-7-13(20-12)17(24)22-15-9-2-4-11-19-15;;;;/h12-15,18H,1-11H2,(H2,21,22,23,24);1,3,12-15,19H,2,4-11H2,(H2,21,22,23,24);;;2*1H2/q2*-2;;;;/p-2. The van der Waals surface area contributed by atoms with Crippen molar-refractivity contribution < 1.29 is 64.3 Å². The van der Waals surface area contributed by atoms with Crippen LogP contribution in [0, 0.1) is 0 Å². The summed E-state index contributed by atoms with van der Waals surface area (Å²) in [4.78, 5) is 49.4. The number of nitrogens with zero attached hydrogens (tertiary/aromatic N) is 8. The molecule has 0 bridgehead atoms. The summed E-state index contributed by atoms with van der Waals surface area (Å²) in [5.41, 5.74) is 0. The predicted molar refractivity (Wildman–Crippen MR) is 196 cm³/mol. The third-order valence-corrected chi connectivity index (χ3v) is 9.60. The Bertz CT molecular complexity index is 1050. The number of nitrogens with one attached hydrogen (secondary N) is 2. The first-order valence-corrected chi connectivity index (χ1v) is 18.3. The van der Waals surface area contributed by atoms with Gasteiger partial charge in [-0.1, -0.05) is 132 Å². The van der Waals surface area contributed by atoms with Crippen LogP contribution in [0.1, 0.15) is 103 Å². The number of hydrogen-bond acceptors (Lipinski definition) is 6. The van der Waals surface area contributed by atoms with Crippen LogP contribution in [-0.2, 0) is 64.3 Å². The molecule has 6 heterocycles. The predicted octanol–water partition coefficient (Wildman–Crippen LogP) is 4.06. The first-order valence-electron chi connectivity index (χ1n) is 18.3. The molecular weight excluding hydrogens is 772 g/mol. The minimum atomic E-state index is -0.511. The van der Waals surface area contributed by atoms with E-state index in [2.05, 4.69) is 53.2 Å². The molecule has 308 valence electrons. The fourth-order valence-corrected chi connectivity index (χ4v) is 6.84. The van der Waals surface area contributed by atoms with Crippen LogP contribution in [0.5, 0.6) is 0 Å². The maximum Gasteiger partial charge on any atom is 0.0344 e. The van der Waals surface area contributed by atoms with Crippen molar-refractivity contribution >= 4 is 23.6 Å². The van der Waals surface area contributed by atoms with Crippen molar-refractivity contribution in [2.24, 2.45) is 0 Å². The summed E-state index contributed by atoms with van der Waals surface area (Å²) < 4.78 is 0. The number of carbonyl (C=O) groups excluding carboxylic acids is 4. The molecule has 0 spiro atoms. The van der Waals surface area contributed by atoms with Crippen LogP contribution in [0.2, 0.25) is 0 Å². The van der Waals surface area contributed by atoms with E-state index in [1.807, 2.05) is 12.2 Å². The van der Waals surface area contributed by atoms with Crippen LogP contribution in [0.15, 0.2) is 12.2 Å². The molecule has 6 rings (SSSR count). The second kappa shape index (κ2) is 26.2. The number of hydrogen-bond donors (Lipinski definition) is 2. The molecule has 6 aliphatic heterocycles. The molecule has 8 N–H and O–H groups in total. The largest absolute Gasteiger partial charge is 0.675 e. The Morgan fingerprint density at radius 2 is 0.962 bits per heavy atom. The summed E-state index contributed by atoms with van der Waals surface area (Å²) in [5.74, 6) is -0.835. The van der Waals surface area contributed by atoms with E-state index in [-0.39, 0.29) is 93.4 Å². The Morgan fingerprint density at radius 1 is 0.500 bits per heavy atom. The van der Waals surface area contributed by atoms with Gasteiger partial charge < -0.3 is 83.3 Å². The third-order valence-electron chi connectivity index (χ3n) is 9.60. The summed E-state index contributed by atoms with van der Waals surface area (Å²) in [7, 11) is 0. The Labute approximate surface area is 329 Å². The third kappa shape index (κ3) is 16.0. The van der Waals surface area contributed by atoms with E-state index < -0.39 is 24.2 Å². The Balaban J connectivity index is 0.000000483. The van der Waals surface area contributed by atoms with Crippen molar-refractivity contribution in [2.75, 3.05) is 26.2 Å². The minimum absolute atomic E-state index is 0. The SMILES string of the molecule is O=C([N-]C1CC=CC[N-]1)C1CCCC(C(=O)[N-]C2CCCCN2)[N-]1.O=C([N-]C1CCCC[N-]1)C1CCCC(C(=O)[N-]C2CCCCN2)[N-]1.[Cu].[Cu].[OH3+].[OH3+]. The second-order valence-corrected chi connectivity index (χ2v) is 13.5. The van der Waals surface area contributed by atoms with Gasteiger partial charge in [-0.3, -0.25) is 0 Å². The van der Waals surface area contributed by atoms with Gasteiger partial charge in [0, 0.05) is 57.8 Å². The molecule has 0 aliphatic carbocycles. The summed E-state index contributed by atoms with van der Waals surface area (Å²) in [6, 6.07) is -1.97. The van der Waals surface area contributed by atoms with Crippen LogP contribution in [-0.4, -0.2) is 98.6 Å². The van der Waals surface area contributed by atoms with Crippen LogP contribution >= 0.6 is 0 Å². The molecule has 8 unspecified atom stereocenters. The van der Waals surface area contributed by atoms with E-state index in [1.54, 1.807) is 0 Å². The van der Waals surface area contributed by atoms with Gasteiger partial charge in [-0.25, -0.2) is 12.3 Å². The molecule has 2 radical (unpaired) electrons. The molecule has 0 aromatic carbocycles. The van der Waals surface area contributed by atoms with Gasteiger partial charge in [0.15, 0.2) is 0 Å². The van der Waals surface area contributed by atoms with Crippen LogP contribution in [0.4, 0.5) is 0 Å². The molecule has 0 saturated carbocycles. The first-order chi connectivity index (χ1) is 23.4. The molecular formula is C34H58Cu2N10O6-6. The second-order valence-electron chi connectivity index (χ2n) is 13.5. The van der Waals surface area contributed by atoms with Crippen molar-refractivity contribution in [1.82, 2.24) is 10.6 Å². The van der Waals surface area contributed by atoms with Crippen LogP contribution < -0.4 is 10.6 Å². The molecule has 52 heavy (non-hydrogen) atoms. The van der Waals surface area contributed by atoms with Gasteiger partial charge in [-0.2, -0.15) is 0 Å². The monoisotopic (exact) mass is 828 g/mol. The molecule has 5 saturated heterocycles. The molecule has 4 amide bonds. The van der Waals surface area contributed by atoms with E-state index >= 15 is 0 Å². The summed E-state index contributed by atoms with van der Waals surface area (Å²) in [5, 5.41) is 40.9. The zero-order valence-corrected chi connectivity index (χ0v) is 31.8. The average Bonchev–Trinajstić information content (AvgIpc) is 3.13. The molecule has 8 atom stereocenters. The number of rotatable bonds is 8. The van der Waals surface area contributed by atoms with Crippen LogP contribution in [0.3, 0.4) is 0 Å². The van der Waals surface area contributed by atoms with Crippen molar-refractivity contribution in [3.63, 3.8) is 0 Å². The summed E-state index contributed by atoms with van der Waals surface area (Å²) in [6.45, 7) is 3.21. The molecule has 5 fully saturated rings. The molecule has 6 aliphatic rings. The van der Waals surface area contributed by atoms with Gasteiger partial charge in [0.05, 0.1) is 0 Å². The topological polar surface area (TPSA) is 271 Å². The molecule has 18 heteroatoms. The van der Waals surface area contributed by atoms with Crippen molar-refractivity contribution in [2.45, 2.75) is 152 Å². The van der Waals surface area contributed by atoms with Crippen molar-refractivity contribution in [3.05, 3.63) is 54.7 Å². The summed E-state index contributed by atoms with van der Waals surface area (Å²) >= 11 is 0. The van der Waals surface area contributed by atoms with E-state index in [9.17, 15) is 19.2 Å². The smallest absolute Gasteiger partial charge is 0.0344 e. The average molecular weight is 830 g/mol. The maximum atomic E-state index is 12.4. The maximum absolute atomic E-state index is 12.4. The number of carbonyl (C=O) groups is 4. The number of amides is 4. The zero-order valence-electron chi connectivity index (χ0n) is 29.9. The van der Waals surface area contributed by atoms with Gasteiger partial charge in [0.25, 0.3) is 0 Å². The fourth-order valence-electron chi connectivity index (χ4n) is 6.84. The Morgan fingerprint density at radius 3 is 1.37 bits per heavy atom. The molecule has 0 aromatic rings. The minimum Gasteiger partial charge on any atom is -0.675 e. The molecule has 0 aromatic heterocycles. The van der Waals surface area contributed by atoms with Crippen molar-refractivity contribution in [1.29, 1.82) is 0 Å². The van der Waals surface area contributed by atoms with Gasteiger partial charge in [-0.05, 0) is 25.9 Å². The van der Waals surface area contributed by atoms with E-state index in [1.165, 1.54) is 0 Å². The van der Waals surface area contributed by atoms with Crippen molar-refractivity contribution in [3.8, 4) is 0 Å². The Hall–Kier alpha value is -1.66. The van der Waals surface area contributed by atoms with E-state index in [4.69, 9.17) is 0 Å². The van der Waals surface area contributed by atoms with E-state index in [0.29, 0.717) is 38.6 Å². The summed E-state index contributed by atoms with van der Waals surface area (Å²) in [6.07, 6.45) is 17.6. The normalized spacial score (nSPS) is 31.4. The van der Waals surface area contributed by atoms with Gasteiger partial charge in [0.2, 0.25) is 0 Å².